The highest BCUT2D eigenvalue weighted by Crippen LogP contribution is 2.13. The lowest BCUT2D eigenvalue weighted by atomic mass is 10.2. The first-order valence-electron chi connectivity index (χ1n) is 6.47. The van der Waals surface area contributed by atoms with Gasteiger partial charge in [0.15, 0.2) is 0 Å². The zero-order valence-electron chi connectivity index (χ0n) is 11.1. The molecule has 1 saturated heterocycles. The first kappa shape index (κ1) is 13.1. The van der Waals surface area contributed by atoms with Gasteiger partial charge in [-0.2, -0.15) is 0 Å². The highest BCUT2D eigenvalue weighted by molar-refractivity contribution is 5.92. The average Bonchev–Trinajstić information content (AvgIpc) is 2.35. The van der Waals surface area contributed by atoms with Crippen LogP contribution in [0, 0.1) is 6.92 Å². The van der Waals surface area contributed by atoms with Crippen LogP contribution in [0.5, 0.6) is 0 Å². The Balaban J connectivity index is 1.90. The van der Waals surface area contributed by atoms with Crippen LogP contribution in [0.4, 0.5) is 5.69 Å². The lowest BCUT2D eigenvalue weighted by Crippen LogP contribution is -2.52. The number of carbonyl (C=O) groups excluding carboxylic acids is 1. The van der Waals surface area contributed by atoms with Crippen molar-refractivity contribution in [3.8, 4) is 0 Å². The van der Waals surface area contributed by atoms with Gasteiger partial charge >= 0.3 is 0 Å². The van der Waals surface area contributed by atoms with E-state index in [9.17, 15) is 4.79 Å². The molecular formula is C14H21N3O. The molecule has 4 nitrogen and oxygen atoms in total. The van der Waals surface area contributed by atoms with Crippen molar-refractivity contribution in [1.82, 2.24) is 10.2 Å². The molecule has 0 saturated carbocycles. The van der Waals surface area contributed by atoms with Gasteiger partial charge in [0, 0.05) is 31.4 Å². The molecule has 1 aliphatic rings. The van der Waals surface area contributed by atoms with Crippen molar-refractivity contribution in [2.24, 2.45) is 0 Å². The quantitative estimate of drug-likeness (QED) is 0.844. The molecule has 1 aromatic rings. The van der Waals surface area contributed by atoms with Crippen LogP contribution in [0.3, 0.4) is 0 Å². The molecule has 0 aromatic heterocycles. The molecule has 0 bridgehead atoms. The van der Waals surface area contributed by atoms with Crippen LogP contribution in [0.2, 0.25) is 0 Å². The number of anilines is 1. The third kappa shape index (κ3) is 3.31. The Bertz CT molecular complexity index is 419. The van der Waals surface area contributed by atoms with Crippen molar-refractivity contribution in [1.29, 1.82) is 0 Å². The largest absolute Gasteiger partial charge is 0.325 e. The van der Waals surface area contributed by atoms with Crippen LogP contribution >= 0.6 is 0 Å². The first-order chi connectivity index (χ1) is 8.66. The molecule has 0 aliphatic carbocycles. The standard InChI is InChI=1S/C14H21N3O/c1-11-5-3-4-6-13(11)16-14(18)10-17-8-7-15-9-12(17)2/h3-6,12,15H,7-10H2,1-2H3,(H,16,18)/t12-/m0/s1. The van der Waals surface area contributed by atoms with Gasteiger partial charge in [0.25, 0.3) is 0 Å². The lowest BCUT2D eigenvalue weighted by molar-refractivity contribution is -0.118. The fourth-order valence-corrected chi connectivity index (χ4v) is 2.21. The summed E-state index contributed by atoms with van der Waals surface area (Å²) in [5.74, 6) is 0.0676. The monoisotopic (exact) mass is 247 g/mol. The second kappa shape index (κ2) is 5.98. The van der Waals surface area contributed by atoms with Crippen LogP contribution in [0.15, 0.2) is 24.3 Å². The average molecular weight is 247 g/mol. The first-order valence-corrected chi connectivity index (χ1v) is 6.47. The second-order valence-electron chi connectivity index (χ2n) is 4.89. The number of hydrogen-bond acceptors (Lipinski definition) is 3. The van der Waals surface area contributed by atoms with Gasteiger partial charge in [-0.05, 0) is 25.5 Å². The number of piperazine rings is 1. The Morgan fingerprint density at radius 1 is 1.50 bits per heavy atom. The van der Waals surface area contributed by atoms with E-state index in [0.29, 0.717) is 12.6 Å². The predicted molar refractivity (Wildman–Crippen MR) is 73.7 cm³/mol. The Morgan fingerprint density at radius 2 is 2.28 bits per heavy atom. The second-order valence-corrected chi connectivity index (χ2v) is 4.89. The fourth-order valence-electron chi connectivity index (χ4n) is 2.21. The molecular weight excluding hydrogens is 226 g/mol. The molecule has 1 atom stereocenters. The summed E-state index contributed by atoms with van der Waals surface area (Å²) in [5, 5.41) is 6.30. The molecule has 0 spiro atoms. The van der Waals surface area contributed by atoms with Gasteiger partial charge in [0.2, 0.25) is 5.91 Å². The molecule has 2 rings (SSSR count). The number of carbonyl (C=O) groups is 1. The van der Waals surface area contributed by atoms with Crippen LogP contribution in [-0.2, 0) is 4.79 Å². The Morgan fingerprint density at radius 3 is 3.00 bits per heavy atom. The molecule has 98 valence electrons. The number of benzene rings is 1. The number of hydrogen-bond donors (Lipinski definition) is 2. The number of nitrogens with one attached hydrogen (secondary N) is 2. The molecule has 0 radical (unpaired) electrons. The van der Waals surface area contributed by atoms with E-state index in [1.807, 2.05) is 31.2 Å². The molecule has 1 amide bonds. The van der Waals surface area contributed by atoms with Crippen LogP contribution < -0.4 is 10.6 Å². The van der Waals surface area contributed by atoms with E-state index < -0.39 is 0 Å². The summed E-state index contributed by atoms with van der Waals surface area (Å²) in [7, 11) is 0. The minimum atomic E-state index is 0.0676. The van der Waals surface area contributed by atoms with Crippen molar-refractivity contribution < 1.29 is 4.79 Å². The van der Waals surface area contributed by atoms with Crippen molar-refractivity contribution in [3.05, 3.63) is 29.8 Å². The Hall–Kier alpha value is -1.39. The summed E-state index contributed by atoms with van der Waals surface area (Å²) in [6.45, 7) is 7.47. The van der Waals surface area contributed by atoms with E-state index in [1.165, 1.54) is 0 Å². The topological polar surface area (TPSA) is 44.4 Å². The van der Waals surface area contributed by atoms with Gasteiger partial charge in [0.1, 0.15) is 0 Å². The summed E-state index contributed by atoms with van der Waals surface area (Å²) in [6, 6.07) is 8.28. The maximum Gasteiger partial charge on any atom is 0.238 e. The maximum atomic E-state index is 12.0. The van der Waals surface area contributed by atoms with Gasteiger partial charge in [0.05, 0.1) is 6.54 Å². The zero-order chi connectivity index (χ0) is 13.0. The van der Waals surface area contributed by atoms with Gasteiger partial charge in [-0.1, -0.05) is 18.2 Å². The van der Waals surface area contributed by atoms with Gasteiger partial charge in [-0.3, -0.25) is 9.69 Å². The molecule has 18 heavy (non-hydrogen) atoms. The summed E-state index contributed by atoms with van der Waals surface area (Å²) < 4.78 is 0. The lowest BCUT2D eigenvalue weighted by Gasteiger charge is -2.33. The normalized spacial score (nSPS) is 20.7. The highest BCUT2D eigenvalue weighted by atomic mass is 16.2. The van der Waals surface area contributed by atoms with Crippen molar-refractivity contribution in [2.45, 2.75) is 19.9 Å². The zero-order valence-corrected chi connectivity index (χ0v) is 11.1. The number of nitrogens with zero attached hydrogens (tertiary/aromatic N) is 1. The maximum absolute atomic E-state index is 12.0. The summed E-state index contributed by atoms with van der Waals surface area (Å²) in [6.07, 6.45) is 0. The number of para-hydroxylation sites is 1. The number of rotatable bonds is 3. The van der Waals surface area contributed by atoms with E-state index >= 15 is 0 Å². The molecule has 1 aromatic carbocycles. The van der Waals surface area contributed by atoms with Crippen molar-refractivity contribution >= 4 is 11.6 Å². The minimum Gasteiger partial charge on any atom is -0.325 e. The highest BCUT2D eigenvalue weighted by Gasteiger charge is 2.20. The van der Waals surface area contributed by atoms with Gasteiger partial charge < -0.3 is 10.6 Å². The van der Waals surface area contributed by atoms with Crippen molar-refractivity contribution in [3.63, 3.8) is 0 Å². The SMILES string of the molecule is Cc1ccccc1NC(=O)CN1CCNC[C@@H]1C. The van der Waals surface area contributed by atoms with Crippen LogP contribution in [0.1, 0.15) is 12.5 Å². The molecule has 1 fully saturated rings. The molecule has 4 heteroatoms. The minimum absolute atomic E-state index is 0.0676. The van der Waals surface area contributed by atoms with Gasteiger partial charge in [-0.15, -0.1) is 0 Å². The third-order valence-electron chi connectivity index (χ3n) is 3.40. The summed E-state index contributed by atoms with van der Waals surface area (Å²) >= 11 is 0. The van der Waals surface area contributed by atoms with Crippen LogP contribution in [0.25, 0.3) is 0 Å². The fraction of sp³-hybridized carbons (Fsp3) is 0.500. The summed E-state index contributed by atoms with van der Waals surface area (Å²) in [5.41, 5.74) is 2.00. The molecule has 1 heterocycles. The molecule has 2 N–H and O–H groups in total. The van der Waals surface area contributed by atoms with Gasteiger partial charge in [-0.25, -0.2) is 0 Å². The van der Waals surface area contributed by atoms with E-state index in [0.717, 1.165) is 30.9 Å². The van der Waals surface area contributed by atoms with E-state index in [-0.39, 0.29) is 5.91 Å². The van der Waals surface area contributed by atoms with E-state index in [4.69, 9.17) is 0 Å². The smallest absolute Gasteiger partial charge is 0.238 e. The molecule has 1 aliphatic heterocycles. The predicted octanol–water partition coefficient (Wildman–Crippen LogP) is 1.23. The summed E-state index contributed by atoms with van der Waals surface area (Å²) in [4.78, 5) is 14.2. The van der Waals surface area contributed by atoms with Crippen LogP contribution in [-0.4, -0.2) is 43.0 Å². The third-order valence-corrected chi connectivity index (χ3v) is 3.40. The van der Waals surface area contributed by atoms with Crippen molar-refractivity contribution in [2.75, 3.05) is 31.5 Å². The molecule has 0 unspecified atom stereocenters. The number of amides is 1. The van der Waals surface area contributed by atoms with E-state index in [2.05, 4.69) is 22.5 Å². The van der Waals surface area contributed by atoms with E-state index in [1.54, 1.807) is 0 Å². The Kier molecular flexibility index (Phi) is 4.33. The number of aryl methyl sites for hydroxylation is 1. The Labute approximate surface area is 108 Å².